The van der Waals surface area contributed by atoms with Gasteiger partial charge in [0, 0.05) is 0 Å². The second kappa shape index (κ2) is 6.49. The van der Waals surface area contributed by atoms with Crippen molar-refractivity contribution in [3.63, 3.8) is 0 Å². The van der Waals surface area contributed by atoms with Gasteiger partial charge in [-0.25, -0.2) is 0 Å². The predicted molar refractivity (Wildman–Crippen MR) is 62.7 cm³/mol. The SMILES string of the molecule is CC(C)CC(O)[C@H](O)CC1CCCCC1. The Morgan fingerprint density at radius 2 is 1.60 bits per heavy atom. The molecule has 0 heterocycles. The molecule has 2 heteroatoms. The summed E-state index contributed by atoms with van der Waals surface area (Å²) < 4.78 is 0. The largest absolute Gasteiger partial charge is 0.390 e. The molecule has 1 aliphatic rings. The lowest BCUT2D eigenvalue weighted by Crippen LogP contribution is -2.30. The Kier molecular flexibility index (Phi) is 5.62. The van der Waals surface area contributed by atoms with Gasteiger partial charge in [0.25, 0.3) is 0 Å². The molecule has 15 heavy (non-hydrogen) atoms. The normalized spacial score (nSPS) is 23.0. The van der Waals surface area contributed by atoms with Crippen molar-refractivity contribution in [2.75, 3.05) is 0 Å². The Bertz CT molecular complexity index is 162. The zero-order chi connectivity index (χ0) is 11.3. The lowest BCUT2D eigenvalue weighted by Gasteiger charge is -2.27. The van der Waals surface area contributed by atoms with Gasteiger partial charge >= 0.3 is 0 Å². The van der Waals surface area contributed by atoms with Gasteiger partial charge in [0.2, 0.25) is 0 Å². The zero-order valence-electron chi connectivity index (χ0n) is 10.2. The van der Waals surface area contributed by atoms with Crippen LogP contribution in [0.2, 0.25) is 0 Å². The molecule has 2 atom stereocenters. The maximum atomic E-state index is 9.87. The summed E-state index contributed by atoms with van der Waals surface area (Å²) in [5.74, 6) is 1.11. The van der Waals surface area contributed by atoms with E-state index in [0.717, 1.165) is 6.42 Å². The Balaban J connectivity index is 2.23. The van der Waals surface area contributed by atoms with E-state index in [-0.39, 0.29) is 0 Å². The fourth-order valence-corrected chi connectivity index (χ4v) is 2.56. The van der Waals surface area contributed by atoms with Crippen molar-refractivity contribution in [2.24, 2.45) is 11.8 Å². The summed E-state index contributed by atoms with van der Waals surface area (Å²) in [4.78, 5) is 0. The number of rotatable bonds is 5. The van der Waals surface area contributed by atoms with Crippen LogP contribution in [0.15, 0.2) is 0 Å². The van der Waals surface area contributed by atoms with Crippen molar-refractivity contribution in [2.45, 2.75) is 71.0 Å². The van der Waals surface area contributed by atoms with Crippen molar-refractivity contribution in [1.29, 1.82) is 0 Å². The quantitative estimate of drug-likeness (QED) is 0.738. The van der Waals surface area contributed by atoms with Gasteiger partial charge < -0.3 is 10.2 Å². The summed E-state index contributed by atoms with van der Waals surface area (Å²) in [6, 6.07) is 0. The van der Waals surface area contributed by atoms with E-state index in [9.17, 15) is 10.2 Å². The first-order valence-electron chi connectivity index (χ1n) is 6.45. The third-order valence-electron chi connectivity index (χ3n) is 3.46. The van der Waals surface area contributed by atoms with Gasteiger partial charge in [-0.2, -0.15) is 0 Å². The highest BCUT2D eigenvalue weighted by Crippen LogP contribution is 2.28. The highest BCUT2D eigenvalue weighted by molar-refractivity contribution is 4.75. The number of hydrogen-bond acceptors (Lipinski definition) is 2. The van der Waals surface area contributed by atoms with Crippen molar-refractivity contribution < 1.29 is 10.2 Å². The van der Waals surface area contributed by atoms with E-state index in [1.54, 1.807) is 0 Å². The summed E-state index contributed by atoms with van der Waals surface area (Å²) in [5.41, 5.74) is 0. The summed E-state index contributed by atoms with van der Waals surface area (Å²) in [6.45, 7) is 4.16. The first-order valence-corrected chi connectivity index (χ1v) is 6.45. The molecule has 0 bridgehead atoms. The van der Waals surface area contributed by atoms with Crippen molar-refractivity contribution in [1.82, 2.24) is 0 Å². The first kappa shape index (κ1) is 13.0. The van der Waals surface area contributed by atoms with E-state index in [4.69, 9.17) is 0 Å². The molecule has 0 aromatic heterocycles. The van der Waals surface area contributed by atoms with Crippen LogP contribution in [0.25, 0.3) is 0 Å². The Morgan fingerprint density at radius 3 is 2.13 bits per heavy atom. The van der Waals surface area contributed by atoms with Crippen LogP contribution in [0.4, 0.5) is 0 Å². The fourth-order valence-electron chi connectivity index (χ4n) is 2.56. The highest BCUT2D eigenvalue weighted by Gasteiger charge is 2.22. The molecular formula is C13H26O2. The molecule has 1 aliphatic carbocycles. The molecule has 2 nitrogen and oxygen atoms in total. The van der Waals surface area contributed by atoms with Crippen LogP contribution in [-0.2, 0) is 0 Å². The standard InChI is InChI=1S/C13H26O2/c1-10(2)8-12(14)13(15)9-11-6-4-3-5-7-11/h10-15H,3-9H2,1-2H3/t12?,13-/m1/s1. The zero-order valence-corrected chi connectivity index (χ0v) is 10.2. The third kappa shape index (κ3) is 4.98. The average molecular weight is 214 g/mol. The van der Waals surface area contributed by atoms with E-state index in [1.807, 2.05) is 0 Å². The second-order valence-electron chi connectivity index (χ2n) is 5.50. The van der Waals surface area contributed by atoms with E-state index in [1.165, 1.54) is 32.1 Å². The van der Waals surface area contributed by atoms with Crippen LogP contribution in [0, 0.1) is 11.8 Å². The maximum absolute atomic E-state index is 9.87. The van der Waals surface area contributed by atoms with Crippen LogP contribution in [0.1, 0.15) is 58.8 Å². The molecular weight excluding hydrogens is 188 g/mol. The Morgan fingerprint density at radius 1 is 1.00 bits per heavy atom. The van der Waals surface area contributed by atoms with Gasteiger partial charge in [-0.3, -0.25) is 0 Å². The van der Waals surface area contributed by atoms with E-state index in [0.29, 0.717) is 18.3 Å². The summed E-state index contributed by atoms with van der Waals surface area (Å²) in [6.07, 6.45) is 6.93. The molecule has 1 unspecified atom stereocenters. The molecule has 90 valence electrons. The van der Waals surface area contributed by atoms with Crippen molar-refractivity contribution >= 4 is 0 Å². The Hall–Kier alpha value is -0.0800. The molecule has 1 fully saturated rings. The van der Waals surface area contributed by atoms with Gasteiger partial charge in [-0.05, 0) is 24.7 Å². The van der Waals surface area contributed by atoms with Crippen molar-refractivity contribution in [3.05, 3.63) is 0 Å². The lowest BCUT2D eigenvalue weighted by molar-refractivity contribution is -0.00863. The monoisotopic (exact) mass is 214 g/mol. The molecule has 0 radical (unpaired) electrons. The summed E-state index contributed by atoms with van der Waals surface area (Å²) in [7, 11) is 0. The van der Waals surface area contributed by atoms with Crippen LogP contribution in [0.5, 0.6) is 0 Å². The van der Waals surface area contributed by atoms with Crippen LogP contribution >= 0.6 is 0 Å². The lowest BCUT2D eigenvalue weighted by atomic mass is 9.84. The average Bonchev–Trinajstić information content (AvgIpc) is 2.18. The van der Waals surface area contributed by atoms with Gasteiger partial charge in [0.1, 0.15) is 0 Å². The summed E-state index contributed by atoms with van der Waals surface area (Å²) in [5, 5.41) is 19.6. The molecule has 0 spiro atoms. The van der Waals surface area contributed by atoms with Gasteiger partial charge in [0.05, 0.1) is 12.2 Å². The van der Waals surface area contributed by atoms with Crippen LogP contribution in [0.3, 0.4) is 0 Å². The van der Waals surface area contributed by atoms with Crippen LogP contribution in [-0.4, -0.2) is 22.4 Å². The number of aliphatic hydroxyl groups excluding tert-OH is 2. The smallest absolute Gasteiger partial charge is 0.0801 e. The molecule has 1 saturated carbocycles. The minimum absolute atomic E-state index is 0.459. The number of aliphatic hydroxyl groups is 2. The summed E-state index contributed by atoms with van der Waals surface area (Å²) >= 11 is 0. The molecule has 2 N–H and O–H groups in total. The van der Waals surface area contributed by atoms with Gasteiger partial charge in [0.15, 0.2) is 0 Å². The molecule has 0 aromatic rings. The minimum Gasteiger partial charge on any atom is -0.390 e. The van der Waals surface area contributed by atoms with Gasteiger partial charge in [-0.1, -0.05) is 46.0 Å². The molecule has 0 saturated heterocycles. The fraction of sp³-hybridized carbons (Fsp3) is 1.00. The molecule has 0 aliphatic heterocycles. The molecule has 1 rings (SSSR count). The Labute approximate surface area is 93.7 Å². The molecule has 0 aromatic carbocycles. The maximum Gasteiger partial charge on any atom is 0.0801 e. The van der Waals surface area contributed by atoms with E-state index >= 15 is 0 Å². The molecule has 0 amide bonds. The topological polar surface area (TPSA) is 40.5 Å². The van der Waals surface area contributed by atoms with Gasteiger partial charge in [-0.15, -0.1) is 0 Å². The predicted octanol–water partition coefficient (Wildman–Crippen LogP) is 2.72. The number of hydrogen-bond donors (Lipinski definition) is 2. The second-order valence-corrected chi connectivity index (χ2v) is 5.50. The third-order valence-corrected chi connectivity index (χ3v) is 3.46. The van der Waals surface area contributed by atoms with Crippen LogP contribution < -0.4 is 0 Å². The van der Waals surface area contributed by atoms with E-state index < -0.39 is 12.2 Å². The highest BCUT2D eigenvalue weighted by atomic mass is 16.3. The van der Waals surface area contributed by atoms with Crippen molar-refractivity contribution in [3.8, 4) is 0 Å². The minimum atomic E-state index is -0.521. The van der Waals surface area contributed by atoms with E-state index in [2.05, 4.69) is 13.8 Å². The first-order chi connectivity index (χ1) is 7.09.